The average molecular weight is 223 g/mol. The Bertz CT molecular complexity index is 339. The maximum Gasteiger partial charge on any atom is 0.183 e. The number of Topliss-reactive ketones (excluding diaryl/α,β-unsaturated/α-hetero) is 1. The summed E-state index contributed by atoms with van der Waals surface area (Å²) >= 11 is 0. The monoisotopic (exact) mass is 223 g/mol. The Hall–Kier alpha value is -1.55. The van der Waals surface area contributed by atoms with Crippen molar-refractivity contribution in [2.75, 3.05) is 19.8 Å². The number of carbonyl (C=O) groups excluding carboxylic acids is 1. The van der Waals surface area contributed by atoms with Crippen LogP contribution in [-0.2, 0) is 0 Å². The Morgan fingerprint density at radius 1 is 1.19 bits per heavy atom. The zero-order chi connectivity index (χ0) is 12.0. The van der Waals surface area contributed by atoms with E-state index in [2.05, 4.69) is 0 Å². The van der Waals surface area contributed by atoms with Gasteiger partial charge in [-0.2, -0.15) is 0 Å². The second-order valence-corrected chi connectivity index (χ2v) is 3.12. The third-order valence-corrected chi connectivity index (χ3v) is 2.05. The van der Waals surface area contributed by atoms with Gasteiger partial charge in [-0.05, 0) is 26.0 Å². The van der Waals surface area contributed by atoms with Crippen LogP contribution in [0.15, 0.2) is 18.2 Å². The van der Waals surface area contributed by atoms with Crippen molar-refractivity contribution in [1.29, 1.82) is 0 Å². The summed E-state index contributed by atoms with van der Waals surface area (Å²) in [7, 11) is 0. The van der Waals surface area contributed by atoms with Gasteiger partial charge in [-0.3, -0.25) is 4.79 Å². The standard InChI is InChI=1S/C12H17NO3/c1-3-15-10-6-5-7-11(16-4-2)12(10)9(14)8-13/h5-7H,3-4,8,13H2,1-2H3. The van der Waals surface area contributed by atoms with Crippen molar-refractivity contribution in [3.05, 3.63) is 23.8 Å². The van der Waals surface area contributed by atoms with Crippen LogP contribution in [0.5, 0.6) is 11.5 Å². The number of hydrogen-bond acceptors (Lipinski definition) is 4. The van der Waals surface area contributed by atoms with E-state index in [1.807, 2.05) is 13.8 Å². The predicted molar refractivity (Wildman–Crippen MR) is 62.2 cm³/mol. The molecule has 0 saturated heterocycles. The fourth-order valence-corrected chi connectivity index (χ4v) is 1.44. The molecule has 0 radical (unpaired) electrons. The van der Waals surface area contributed by atoms with Gasteiger partial charge in [0.2, 0.25) is 0 Å². The van der Waals surface area contributed by atoms with E-state index in [9.17, 15) is 4.79 Å². The summed E-state index contributed by atoms with van der Waals surface area (Å²) in [5, 5.41) is 0. The number of nitrogens with two attached hydrogens (primary N) is 1. The van der Waals surface area contributed by atoms with Crippen LogP contribution in [0, 0.1) is 0 Å². The zero-order valence-corrected chi connectivity index (χ0v) is 9.66. The van der Waals surface area contributed by atoms with Crippen LogP contribution in [0.1, 0.15) is 24.2 Å². The molecule has 0 aliphatic heterocycles. The van der Waals surface area contributed by atoms with Gasteiger partial charge in [-0.15, -0.1) is 0 Å². The lowest BCUT2D eigenvalue weighted by atomic mass is 10.1. The van der Waals surface area contributed by atoms with E-state index in [1.54, 1.807) is 18.2 Å². The lowest BCUT2D eigenvalue weighted by Crippen LogP contribution is -2.16. The highest BCUT2D eigenvalue weighted by atomic mass is 16.5. The van der Waals surface area contributed by atoms with E-state index in [-0.39, 0.29) is 12.3 Å². The molecular weight excluding hydrogens is 206 g/mol. The summed E-state index contributed by atoms with van der Waals surface area (Å²) < 4.78 is 10.8. The van der Waals surface area contributed by atoms with E-state index in [0.717, 1.165) is 0 Å². The molecule has 4 heteroatoms. The molecule has 0 fully saturated rings. The van der Waals surface area contributed by atoms with Gasteiger partial charge in [-0.25, -0.2) is 0 Å². The second-order valence-electron chi connectivity index (χ2n) is 3.12. The molecule has 0 spiro atoms. The van der Waals surface area contributed by atoms with E-state index in [0.29, 0.717) is 30.3 Å². The number of ether oxygens (including phenoxy) is 2. The molecule has 16 heavy (non-hydrogen) atoms. The van der Waals surface area contributed by atoms with E-state index in [4.69, 9.17) is 15.2 Å². The van der Waals surface area contributed by atoms with Gasteiger partial charge in [0, 0.05) is 0 Å². The van der Waals surface area contributed by atoms with Gasteiger partial charge in [-0.1, -0.05) is 6.07 Å². The molecule has 1 aromatic rings. The molecule has 0 unspecified atom stereocenters. The Balaban J connectivity index is 3.17. The molecule has 88 valence electrons. The SMILES string of the molecule is CCOc1cccc(OCC)c1C(=O)CN. The molecule has 2 N–H and O–H groups in total. The predicted octanol–water partition coefficient (Wildman–Crippen LogP) is 1.63. The summed E-state index contributed by atoms with van der Waals surface area (Å²) in [4.78, 5) is 11.7. The van der Waals surface area contributed by atoms with Gasteiger partial charge < -0.3 is 15.2 Å². The molecule has 0 saturated carbocycles. The van der Waals surface area contributed by atoms with Crippen LogP contribution in [0.2, 0.25) is 0 Å². The molecule has 1 rings (SSSR count). The summed E-state index contributed by atoms with van der Waals surface area (Å²) in [5.41, 5.74) is 5.81. The van der Waals surface area contributed by atoms with E-state index in [1.165, 1.54) is 0 Å². The number of carbonyl (C=O) groups is 1. The highest BCUT2D eigenvalue weighted by molar-refractivity contribution is 6.02. The van der Waals surface area contributed by atoms with E-state index >= 15 is 0 Å². The first-order valence-corrected chi connectivity index (χ1v) is 5.36. The van der Waals surface area contributed by atoms with Gasteiger partial charge in [0.25, 0.3) is 0 Å². The molecule has 1 aromatic carbocycles. The number of hydrogen-bond donors (Lipinski definition) is 1. The molecule has 0 heterocycles. The maximum atomic E-state index is 11.7. The van der Waals surface area contributed by atoms with Gasteiger partial charge >= 0.3 is 0 Å². The average Bonchev–Trinajstić information content (AvgIpc) is 2.29. The minimum absolute atomic E-state index is 0.0514. The molecule has 0 aromatic heterocycles. The van der Waals surface area contributed by atoms with Crippen LogP contribution < -0.4 is 15.2 Å². The quantitative estimate of drug-likeness (QED) is 0.744. The minimum Gasteiger partial charge on any atom is -0.493 e. The summed E-state index contributed by atoms with van der Waals surface area (Å²) in [5.74, 6) is 0.889. The summed E-state index contributed by atoms with van der Waals surface area (Å²) in [6, 6.07) is 5.28. The van der Waals surface area contributed by atoms with Crippen molar-refractivity contribution in [3.63, 3.8) is 0 Å². The van der Waals surface area contributed by atoms with Crippen molar-refractivity contribution >= 4 is 5.78 Å². The van der Waals surface area contributed by atoms with Crippen LogP contribution in [0.3, 0.4) is 0 Å². The molecular formula is C12H17NO3. The Kier molecular flexibility index (Phi) is 4.79. The van der Waals surface area contributed by atoms with Gasteiger partial charge in [0.1, 0.15) is 17.1 Å². The maximum absolute atomic E-state index is 11.7. The Labute approximate surface area is 95.3 Å². The van der Waals surface area contributed by atoms with Crippen LogP contribution >= 0.6 is 0 Å². The number of ketones is 1. The summed E-state index contributed by atoms with van der Waals surface area (Å²) in [6.45, 7) is 4.68. The smallest absolute Gasteiger partial charge is 0.183 e. The minimum atomic E-state index is -0.174. The largest absolute Gasteiger partial charge is 0.493 e. The molecule has 4 nitrogen and oxygen atoms in total. The first kappa shape index (κ1) is 12.5. The van der Waals surface area contributed by atoms with Gasteiger partial charge in [0.15, 0.2) is 5.78 Å². The highest BCUT2D eigenvalue weighted by Crippen LogP contribution is 2.28. The first-order valence-electron chi connectivity index (χ1n) is 5.36. The third-order valence-electron chi connectivity index (χ3n) is 2.05. The third kappa shape index (κ3) is 2.73. The van der Waals surface area contributed by atoms with Crippen molar-refractivity contribution in [2.24, 2.45) is 5.73 Å². The highest BCUT2D eigenvalue weighted by Gasteiger charge is 2.16. The normalized spacial score (nSPS) is 9.94. The fraction of sp³-hybridized carbons (Fsp3) is 0.417. The lowest BCUT2D eigenvalue weighted by molar-refractivity contribution is 0.0994. The van der Waals surface area contributed by atoms with Crippen molar-refractivity contribution in [2.45, 2.75) is 13.8 Å². The van der Waals surface area contributed by atoms with Crippen LogP contribution in [-0.4, -0.2) is 25.5 Å². The Morgan fingerprint density at radius 3 is 2.06 bits per heavy atom. The molecule has 0 aliphatic rings. The fourth-order valence-electron chi connectivity index (χ4n) is 1.44. The van der Waals surface area contributed by atoms with Crippen molar-refractivity contribution in [3.8, 4) is 11.5 Å². The molecule has 0 bridgehead atoms. The number of benzene rings is 1. The molecule has 0 aliphatic carbocycles. The van der Waals surface area contributed by atoms with Crippen LogP contribution in [0.4, 0.5) is 0 Å². The topological polar surface area (TPSA) is 61.5 Å². The van der Waals surface area contributed by atoms with Crippen LogP contribution in [0.25, 0.3) is 0 Å². The number of rotatable bonds is 6. The first-order chi connectivity index (χ1) is 7.74. The van der Waals surface area contributed by atoms with Crippen molar-refractivity contribution < 1.29 is 14.3 Å². The van der Waals surface area contributed by atoms with Gasteiger partial charge in [0.05, 0.1) is 19.8 Å². The second kappa shape index (κ2) is 6.12. The Morgan fingerprint density at radius 2 is 1.69 bits per heavy atom. The van der Waals surface area contributed by atoms with Crippen molar-refractivity contribution in [1.82, 2.24) is 0 Å². The lowest BCUT2D eigenvalue weighted by Gasteiger charge is -2.13. The van der Waals surface area contributed by atoms with E-state index < -0.39 is 0 Å². The molecule has 0 amide bonds. The summed E-state index contributed by atoms with van der Waals surface area (Å²) in [6.07, 6.45) is 0. The molecule has 0 atom stereocenters. The zero-order valence-electron chi connectivity index (χ0n) is 9.66.